The van der Waals surface area contributed by atoms with Gasteiger partial charge in [0, 0.05) is 10.0 Å². The fraction of sp³-hybridized carbons (Fsp3) is 0.571. The van der Waals surface area contributed by atoms with E-state index in [9.17, 15) is 0 Å². The number of benzene rings is 1. The van der Waals surface area contributed by atoms with E-state index in [4.69, 9.17) is 4.74 Å². The highest BCUT2D eigenvalue weighted by Gasteiger charge is 2.13. The molecule has 1 aromatic rings. The summed E-state index contributed by atoms with van der Waals surface area (Å²) in [6, 6.07) is 6.11. The summed E-state index contributed by atoms with van der Waals surface area (Å²) in [7, 11) is 0. The SMILES string of the molecule is Cc1c(Br)cccc1OCC[C@H]1CCCNC1. The van der Waals surface area contributed by atoms with Crippen LogP contribution >= 0.6 is 15.9 Å². The summed E-state index contributed by atoms with van der Waals surface area (Å²) in [5.74, 6) is 1.79. The monoisotopic (exact) mass is 297 g/mol. The van der Waals surface area contributed by atoms with Crippen molar-refractivity contribution >= 4 is 15.9 Å². The molecule has 0 unspecified atom stereocenters. The van der Waals surface area contributed by atoms with Gasteiger partial charge in [0.25, 0.3) is 0 Å². The largest absolute Gasteiger partial charge is 0.493 e. The molecular formula is C14H20BrNO. The Morgan fingerprint density at radius 3 is 3.12 bits per heavy atom. The van der Waals surface area contributed by atoms with Gasteiger partial charge in [0.1, 0.15) is 5.75 Å². The molecule has 0 amide bonds. The Balaban J connectivity index is 1.79. The van der Waals surface area contributed by atoms with Crippen LogP contribution in [0.4, 0.5) is 0 Å². The van der Waals surface area contributed by atoms with Gasteiger partial charge in [0.2, 0.25) is 0 Å². The first kappa shape index (κ1) is 12.9. The predicted molar refractivity (Wildman–Crippen MR) is 74.6 cm³/mol. The molecule has 1 aromatic carbocycles. The van der Waals surface area contributed by atoms with E-state index in [2.05, 4.69) is 28.2 Å². The zero-order valence-electron chi connectivity index (χ0n) is 10.3. The van der Waals surface area contributed by atoms with Gasteiger partial charge in [-0.3, -0.25) is 0 Å². The fourth-order valence-corrected chi connectivity index (χ4v) is 2.60. The van der Waals surface area contributed by atoms with Gasteiger partial charge >= 0.3 is 0 Å². The van der Waals surface area contributed by atoms with E-state index in [1.807, 2.05) is 18.2 Å². The zero-order chi connectivity index (χ0) is 12.1. The van der Waals surface area contributed by atoms with Crippen molar-refractivity contribution < 1.29 is 4.74 Å². The average Bonchev–Trinajstić information content (AvgIpc) is 2.36. The molecule has 1 saturated heterocycles. The smallest absolute Gasteiger partial charge is 0.123 e. The van der Waals surface area contributed by atoms with Crippen molar-refractivity contribution in [1.29, 1.82) is 0 Å². The van der Waals surface area contributed by atoms with Crippen molar-refractivity contribution in [2.75, 3.05) is 19.7 Å². The summed E-state index contributed by atoms with van der Waals surface area (Å²) in [6.07, 6.45) is 3.80. The highest BCUT2D eigenvalue weighted by molar-refractivity contribution is 9.10. The van der Waals surface area contributed by atoms with Gasteiger partial charge in [-0.2, -0.15) is 0 Å². The summed E-state index contributed by atoms with van der Waals surface area (Å²) in [4.78, 5) is 0. The van der Waals surface area contributed by atoms with Crippen LogP contribution in [0.25, 0.3) is 0 Å². The van der Waals surface area contributed by atoms with Crippen LogP contribution in [0, 0.1) is 12.8 Å². The third-order valence-corrected chi connectivity index (χ3v) is 4.26. The molecule has 2 nitrogen and oxygen atoms in total. The van der Waals surface area contributed by atoms with Gasteiger partial charge in [-0.25, -0.2) is 0 Å². The van der Waals surface area contributed by atoms with Crippen molar-refractivity contribution in [3.05, 3.63) is 28.2 Å². The van der Waals surface area contributed by atoms with E-state index in [-0.39, 0.29) is 0 Å². The molecule has 1 N–H and O–H groups in total. The lowest BCUT2D eigenvalue weighted by Crippen LogP contribution is -2.30. The number of rotatable bonds is 4. The molecule has 2 rings (SSSR count). The molecule has 94 valence electrons. The Kier molecular flexibility index (Phi) is 4.86. The van der Waals surface area contributed by atoms with Crippen molar-refractivity contribution in [3.8, 4) is 5.75 Å². The third-order valence-electron chi connectivity index (χ3n) is 3.40. The highest BCUT2D eigenvalue weighted by Crippen LogP contribution is 2.26. The summed E-state index contributed by atoms with van der Waals surface area (Å²) in [6.45, 7) is 5.24. The van der Waals surface area contributed by atoms with Gasteiger partial charge < -0.3 is 10.1 Å². The minimum Gasteiger partial charge on any atom is -0.493 e. The van der Waals surface area contributed by atoms with Crippen molar-refractivity contribution in [2.45, 2.75) is 26.2 Å². The van der Waals surface area contributed by atoms with E-state index < -0.39 is 0 Å². The van der Waals surface area contributed by atoms with Gasteiger partial charge in [0.15, 0.2) is 0 Å². The Morgan fingerprint density at radius 2 is 2.35 bits per heavy atom. The third kappa shape index (κ3) is 3.71. The molecule has 0 radical (unpaired) electrons. The van der Waals surface area contributed by atoms with Gasteiger partial charge in [-0.1, -0.05) is 22.0 Å². The zero-order valence-corrected chi connectivity index (χ0v) is 11.9. The second-order valence-corrected chi connectivity index (χ2v) is 5.57. The summed E-state index contributed by atoms with van der Waals surface area (Å²) >= 11 is 3.52. The van der Waals surface area contributed by atoms with Gasteiger partial charge in [-0.05, 0) is 57.3 Å². The van der Waals surface area contributed by atoms with Crippen molar-refractivity contribution in [2.24, 2.45) is 5.92 Å². The first-order valence-electron chi connectivity index (χ1n) is 6.36. The molecular weight excluding hydrogens is 278 g/mol. The predicted octanol–water partition coefficient (Wildman–Crippen LogP) is 3.53. The van der Waals surface area contributed by atoms with Crippen molar-refractivity contribution in [3.63, 3.8) is 0 Å². The molecule has 1 aliphatic heterocycles. The van der Waals surface area contributed by atoms with Crippen LogP contribution in [0.5, 0.6) is 5.75 Å². The molecule has 1 atom stereocenters. The molecule has 0 saturated carbocycles. The Morgan fingerprint density at radius 1 is 1.47 bits per heavy atom. The molecule has 1 fully saturated rings. The normalized spacial score (nSPS) is 20.2. The molecule has 17 heavy (non-hydrogen) atoms. The number of hydrogen-bond acceptors (Lipinski definition) is 2. The Bertz CT molecular complexity index is 361. The average molecular weight is 298 g/mol. The summed E-state index contributed by atoms with van der Waals surface area (Å²) < 4.78 is 6.98. The van der Waals surface area contributed by atoms with Crippen LogP contribution in [0.1, 0.15) is 24.8 Å². The summed E-state index contributed by atoms with van der Waals surface area (Å²) in [5, 5.41) is 3.44. The summed E-state index contributed by atoms with van der Waals surface area (Å²) in [5.41, 5.74) is 1.19. The number of ether oxygens (including phenoxy) is 1. The molecule has 3 heteroatoms. The second-order valence-electron chi connectivity index (χ2n) is 4.71. The minimum absolute atomic E-state index is 0.788. The first-order valence-corrected chi connectivity index (χ1v) is 7.15. The number of hydrogen-bond donors (Lipinski definition) is 1. The quantitative estimate of drug-likeness (QED) is 0.918. The molecule has 0 spiro atoms. The van der Waals surface area contributed by atoms with Gasteiger partial charge in [0.05, 0.1) is 6.61 Å². The Labute approximate surface area is 112 Å². The topological polar surface area (TPSA) is 21.3 Å². The van der Waals surface area contributed by atoms with E-state index in [1.165, 1.54) is 24.9 Å². The second kappa shape index (κ2) is 6.41. The van der Waals surface area contributed by atoms with Crippen LogP contribution in [-0.4, -0.2) is 19.7 Å². The lowest BCUT2D eigenvalue weighted by molar-refractivity contribution is 0.253. The van der Waals surface area contributed by atoms with Crippen LogP contribution < -0.4 is 10.1 Å². The van der Waals surface area contributed by atoms with E-state index in [0.717, 1.165) is 35.7 Å². The van der Waals surface area contributed by atoms with Crippen LogP contribution in [0.3, 0.4) is 0 Å². The van der Waals surface area contributed by atoms with E-state index in [0.29, 0.717) is 0 Å². The van der Waals surface area contributed by atoms with E-state index >= 15 is 0 Å². The van der Waals surface area contributed by atoms with Crippen LogP contribution in [0.15, 0.2) is 22.7 Å². The van der Waals surface area contributed by atoms with Gasteiger partial charge in [-0.15, -0.1) is 0 Å². The van der Waals surface area contributed by atoms with Crippen LogP contribution in [0.2, 0.25) is 0 Å². The first-order chi connectivity index (χ1) is 8.27. The maximum atomic E-state index is 5.86. The molecule has 0 aliphatic carbocycles. The fourth-order valence-electron chi connectivity index (χ4n) is 2.25. The maximum absolute atomic E-state index is 5.86. The lowest BCUT2D eigenvalue weighted by atomic mass is 9.97. The number of halogens is 1. The number of nitrogens with one attached hydrogen (secondary N) is 1. The molecule has 0 aromatic heterocycles. The minimum atomic E-state index is 0.788. The lowest BCUT2D eigenvalue weighted by Gasteiger charge is -2.22. The standard InChI is InChI=1S/C14H20BrNO/c1-11-13(15)5-2-6-14(11)17-9-7-12-4-3-8-16-10-12/h2,5-6,12,16H,3-4,7-10H2,1H3/t12-/m1/s1. The molecule has 0 bridgehead atoms. The molecule has 1 heterocycles. The van der Waals surface area contributed by atoms with E-state index in [1.54, 1.807) is 0 Å². The van der Waals surface area contributed by atoms with Crippen LogP contribution in [-0.2, 0) is 0 Å². The maximum Gasteiger partial charge on any atom is 0.123 e. The number of piperidine rings is 1. The highest BCUT2D eigenvalue weighted by atomic mass is 79.9. The van der Waals surface area contributed by atoms with Crippen molar-refractivity contribution in [1.82, 2.24) is 5.32 Å². The molecule has 1 aliphatic rings. The Hall–Kier alpha value is -0.540.